The van der Waals surface area contributed by atoms with Crippen LogP contribution in [0.4, 0.5) is 4.79 Å². The lowest BCUT2D eigenvalue weighted by Gasteiger charge is -2.27. The van der Waals surface area contributed by atoms with Crippen LogP contribution in [0.5, 0.6) is 0 Å². The molecule has 0 aliphatic carbocycles. The Morgan fingerprint density at radius 1 is 1.42 bits per heavy atom. The van der Waals surface area contributed by atoms with Crippen molar-refractivity contribution in [1.29, 1.82) is 0 Å². The second-order valence-electron chi connectivity index (χ2n) is 6.32. The molecule has 112 valence electrons. The lowest BCUT2D eigenvalue weighted by atomic mass is 9.96. The zero-order valence-electron chi connectivity index (χ0n) is 12.9. The molecular formula is C15H29NO3. The highest BCUT2D eigenvalue weighted by atomic mass is 16.6. The molecule has 1 amide bonds. The van der Waals surface area contributed by atoms with Crippen LogP contribution in [0.2, 0.25) is 0 Å². The number of rotatable bonds is 7. The fourth-order valence-electron chi connectivity index (χ4n) is 1.77. The molecule has 0 bridgehead atoms. The molecule has 0 rings (SSSR count). The van der Waals surface area contributed by atoms with E-state index in [-0.39, 0.29) is 6.04 Å². The number of carbonyl (C=O) groups is 1. The number of allylic oxidation sites excluding steroid dienone is 1. The van der Waals surface area contributed by atoms with Crippen molar-refractivity contribution in [2.24, 2.45) is 5.92 Å². The van der Waals surface area contributed by atoms with Gasteiger partial charge in [-0.1, -0.05) is 19.9 Å². The van der Waals surface area contributed by atoms with Gasteiger partial charge in [-0.05, 0) is 46.0 Å². The van der Waals surface area contributed by atoms with Gasteiger partial charge in [0.15, 0.2) is 0 Å². The fourth-order valence-corrected chi connectivity index (χ4v) is 1.77. The van der Waals surface area contributed by atoms with Gasteiger partial charge in [0, 0.05) is 0 Å². The molecule has 0 heterocycles. The third-order valence-electron chi connectivity index (χ3n) is 2.56. The third-order valence-corrected chi connectivity index (χ3v) is 2.56. The van der Waals surface area contributed by atoms with Gasteiger partial charge in [0.1, 0.15) is 5.60 Å². The van der Waals surface area contributed by atoms with Gasteiger partial charge in [-0.15, -0.1) is 6.58 Å². The van der Waals surface area contributed by atoms with Gasteiger partial charge in [-0.2, -0.15) is 0 Å². The summed E-state index contributed by atoms with van der Waals surface area (Å²) in [5, 5.41) is 12.9. The van der Waals surface area contributed by atoms with E-state index in [2.05, 4.69) is 25.7 Å². The van der Waals surface area contributed by atoms with E-state index in [9.17, 15) is 9.90 Å². The van der Waals surface area contributed by atoms with E-state index in [1.807, 2.05) is 20.8 Å². The number of amides is 1. The summed E-state index contributed by atoms with van der Waals surface area (Å²) in [4.78, 5) is 11.8. The minimum atomic E-state index is -0.576. The first kappa shape index (κ1) is 18.0. The molecule has 4 nitrogen and oxygen atoms in total. The molecular weight excluding hydrogens is 242 g/mol. The van der Waals surface area contributed by atoms with Crippen LogP contribution in [0.3, 0.4) is 0 Å². The summed E-state index contributed by atoms with van der Waals surface area (Å²) in [5.74, 6) is 0.387. The Bertz CT molecular complexity index is 282. The number of alkyl carbamates (subject to hydrolysis) is 1. The highest BCUT2D eigenvalue weighted by molar-refractivity contribution is 5.68. The molecule has 0 aromatic heterocycles. The van der Waals surface area contributed by atoms with Crippen molar-refractivity contribution >= 4 is 6.09 Å². The first-order chi connectivity index (χ1) is 8.65. The zero-order chi connectivity index (χ0) is 15.1. The maximum atomic E-state index is 11.8. The minimum Gasteiger partial charge on any atom is -0.444 e. The highest BCUT2D eigenvalue weighted by Gasteiger charge is 2.24. The lowest BCUT2D eigenvalue weighted by Crippen LogP contribution is -2.46. The Morgan fingerprint density at radius 3 is 2.42 bits per heavy atom. The summed E-state index contributed by atoms with van der Waals surface area (Å²) in [7, 11) is 0. The molecule has 4 heteroatoms. The van der Waals surface area contributed by atoms with Gasteiger partial charge >= 0.3 is 6.09 Å². The summed E-state index contributed by atoms with van der Waals surface area (Å²) in [6.07, 6.45) is 2.76. The van der Waals surface area contributed by atoms with Crippen molar-refractivity contribution < 1.29 is 14.6 Å². The number of aliphatic hydroxyl groups is 1. The number of hydrogen-bond donors (Lipinski definition) is 2. The number of nitrogens with one attached hydrogen (secondary N) is 1. The predicted molar refractivity (Wildman–Crippen MR) is 78.1 cm³/mol. The maximum Gasteiger partial charge on any atom is 0.407 e. The molecule has 0 spiro atoms. The lowest BCUT2D eigenvalue weighted by molar-refractivity contribution is 0.0395. The molecule has 0 unspecified atom stereocenters. The van der Waals surface area contributed by atoms with Gasteiger partial charge in [0.2, 0.25) is 0 Å². The first-order valence-electron chi connectivity index (χ1n) is 6.94. The highest BCUT2D eigenvalue weighted by Crippen LogP contribution is 2.14. The molecule has 0 aromatic carbocycles. The molecule has 19 heavy (non-hydrogen) atoms. The summed E-state index contributed by atoms with van der Waals surface area (Å²) in [5.41, 5.74) is -0.529. The van der Waals surface area contributed by atoms with E-state index < -0.39 is 17.8 Å². The topological polar surface area (TPSA) is 58.6 Å². The molecule has 2 N–H and O–H groups in total. The van der Waals surface area contributed by atoms with E-state index in [4.69, 9.17) is 4.74 Å². The second kappa shape index (κ2) is 8.20. The van der Waals surface area contributed by atoms with Gasteiger partial charge in [0.05, 0.1) is 12.1 Å². The fraction of sp³-hybridized carbons (Fsp3) is 0.800. The van der Waals surface area contributed by atoms with E-state index >= 15 is 0 Å². The molecule has 2 atom stereocenters. The Balaban J connectivity index is 4.49. The summed E-state index contributed by atoms with van der Waals surface area (Å²) in [6.45, 7) is 13.2. The first-order valence-corrected chi connectivity index (χ1v) is 6.94. The minimum absolute atomic E-state index is 0.283. The van der Waals surface area contributed by atoms with Gasteiger partial charge < -0.3 is 15.2 Å². The average Bonchev–Trinajstić information content (AvgIpc) is 2.21. The van der Waals surface area contributed by atoms with Crippen molar-refractivity contribution in [1.82, 2.24) is 5.32 Å². The van der Waals surface area contributed by atoms with E-state index in [0.717, 1.165) is 12.8 Å². The van der Waals surface area contributed by atoms with Crippen LogP contribution in [0.1, 0.15) is 53.9 Å². The molecule has 0 fully saturated rings. The predicted octanol–water partition coefficient (Wildman–Crippen LogP) is 3.25. The Kier molecular flexibility index (Phi) is 7.76. The zero-order valence-corrected chi connectivity index (χ0v) is 12.9. The van der Waals surface area contributed by atoms with E-state index in [1.165, 1.54) is 0 Å². The van der Waals surface area contributed by atoms with Crippen LogP contribution in [0.15, 0.2) is 12.7 Å². The molecule has 0 aliphatic rings. The van der Waals surface area contributed by atoms with Crippen LogP contribution >= 0.6 is 0 Å². The summed E-state index contributed by atoms with van der Waals surface area (Å²) < 4.78 is 5.22. The molecule has 0 saturated carbocycles. The van der Waals surface area contributed by atoms with Crippen molar-refractivity contribution in [3.05, 3.63) is 12.7 Å². The second-order valence-corrected chi connectivity index (χ2v) is 6.32. The van der Waals surface area contributed by atoms with Gasteiger partial charge in [0.25, 0.3) is 0 Å². The van der Waals surface area contributed by atoms with Crippen LogP contribution in [-0.2, 0) is 4.74 Å². The summed E-state index contributed by atoms with van der Waals surface area (Å²) >= 11 is 0. The van der Waals surface area contributed by atoms with Gasteiger partial charge in [-0.3, -0.25) is 0 Å². The number of aliphatic hydroxyl groups excluding tert-OH is 1. The third kappa shape index (κ3) is 9.54. The normalized spacial score (nSPS) is 14.9. The Labute approximate surface area is 117 Å². The van der Waals surface area contributed by atoms with Crippen LogP contribution < -0.4 is 5.32 Å². The van der Waals surface area contributed by atoms with E-state index in [0.29, 0.717) is 12.3 Å². The Morgan fingerprint density at radius 2 is 2.00 bits per heavy atom. The number of ether oxygens (including phenoxy) is 1. The van der Waals surface area contributed by atoms with E-state index in [1.54, 1.807) is 6.08 Å². The van der Waals surface area contributed by atoms with Crippen molar-refractivity contribution in [3.63, 3.8) is 0 Å². The average molecular weight is 271 g/mol. The molecule has 0 aromatic rings. The SMILES string of the molecule is C=CCC[C@H](O)[C@H](CC(C)C)NC(=O)OC(C)(C)C. The summed E-state index contributed by atoms with van der Waals surface area (Å²) in [6, 6.07) is -0.283. The monoisotopic (exact) mass is 271 g/mol. The molecule has 0 aliphatic heterocycles. The largest absolute Gasteiger partial charge is 0.444 e. The van der Waals surface area contributed by atoms with Crippen molar-refractivity contribution in [2.75, 3.05) is 0 Å². The van der Waals surface area contributed by atoms with Crippen molar-refractivity contribution in [3.8, 4) is 0 Å². The number of hydrogen-bond acceptors (Lipinski definition) is 3. The van der Waals surface area contributed by atoms with Crippen LogP contribution in [0, 0.1) is 5.92 Å². The quantitative estimate of drug-likeness (QED) is 0.699. The van der Waals surface area contributed by atoms with Gasteiger partial charge in [-0.25, -0.2) is 4.79 Å². The van der Waals surface area contributed by atoms with Crippen LogP contribution in [0.25, 0.3) is 0 Å². The smallest absolute Gasteiger partial charge is 0.407 e. The number of carbonyl (C=O) groups excluding carboxylic acids is 1. The maximum absolute atomic E-state index is 11.8. The van der Waals surface area contributed by atoms with Crippen molar-refractivity contribution in [2.45, 2.75) is 71.6 Å². The van der Waals surface area contributed by atoms with Crippen LogP contribution in [-0.4, -0.2) is 28.9 Å². The Hall–Kier alpha value is -1.03. The standard InChI is InChI=1S/C15H29NO3/c1-7-8-9-13(17)12(10-11(2)3)16-14(18)19-15(4,5)6/h7,11-13,17H,1,8-10H2,2-6H3,(H,16,18)/t12-,13-/m0/s1. The molecule has 0 radical (unpaired) electrons. The molecule has 0 saturated heterocycles.